The number of rotatable bonds is 4. The Hall–Kier alpha value is -2.07. The molecule has 0 saturated heterocycles. The lowest BCUT2D eigenvalue weighted by atomic mass is 10.1. The summed E-state index contributed by atoms with van der Waals surface area (Å²) in [7, 11) is 0. The molecular weight excluding hydrogens is 240 g/mol. The van der Waals surface area contributed by atoms with Crippen LogP contribution >= 0.6 is 0 Å². The number of furan rings is 1. The lowest BCUT2D eigenvalue weighted by Gasteiger charge is -2.11. The normalized spacial score (nSPS) is 12.2. The largest absolute Gasteiger partial charge is 0.464 e. The highest BCUT2D eigenvalue weighted by molar-refractivity contribution is 5.94. The quantitative estimate of drug-likeness (QED) is 0.885. The van der Waals surface area contributed by atoms with Crippen molar-refractivity contribution in [2.75, 3.05) is 0 Å². The molecule has 1 aromatic heterocycles. The maximum atomic E-state index is 12.1. The SMILES string of the molecule is Cc1ccc(C(C)NC(=O)c2ccc(CN)cc2)o1. The second kappa shape index (κ2) is 5.71. The lowest BCUT2D eigenvalue weighted by Crippen LogP contribution is -2.26. The van der Waals surface area contributed by atoms with Crippen LogP contribution < -0.4 is 11.1 Å². The molecule has 0 saturated carbocycles. The van der Waals surface area contributed by atoms with Crippen LogP contribution in [0, 0.1) is 6.92 Å². The van der Waals surface area contributed by atoms with E-state index in [1.807, 2.05) is 38.1 Å². The van der Waals surface area contributed by atoms with Crippen molar-refractivity contribution in [1.82, 2.24) is 5.32 Å². The molecule has 1 atom stereocenters. The van der Waals surface area contributed by atoms with E-state index in [0.29, 0.717) is 12.1 Å². The molecule has 19 heavy (non-hydrogen) atoms. The molecule has 1 unspecified atom stereocenters. The monoisotopic (exact) mass is 258 g/mol. The van der Waals surface area contributed by atoms with Gasteiger partial charge in [0.05, 0.1) is 6.04 Å². The van der Waals surface area contributed by atoms with E-state index in [-0.39, 0.29) is 11.9 Å². The third-order valence-electron chi connectivity index (χ3n) is 2.99. The molecule has 2 rings (SSSR count). The van der Waals surface area contributed by atoms with Gasteiger partial charge in [-0.1, -0.05) is 12.1 Å². The Labute approximate surface area is 112 Å². The molecule has 1 aromatic carbocycles. The minimum atomic E-state index is -0.157. The van der Waals surface area contributed by atoms with E-state index in [2.05, 4.69) is 5.32 Å². The Morgan fingerprint density at radius 2 is 1.95 bits per heavy atom. The van der Waals surface area contributed by atoms with Gasteiger partial charge in [-0.2, -0.15) is 0 Å². The van der Waals surface area contributed by atoms with Gasteiger partial charge in [0, 0.05) is 12.1 Å². The van der Waals surface area contributed by atoms with Crippen molar-refractivity contribution < 1.29 is 9.21 Å². The number of amides is 1. The summed E-state index contributed by atoms with van der Waals surface area (Å²) >= 11 is 0. The number of benzene rings is 1. The zero-order valence-electron chi connectivity index (χ0n) is 11.1. The van der Waals surface area contributed by atoms with Gasteiger partial charge in [0.25, 0.3) is 5.91 Å². The summed E-state index contributed by atoms with van der Waals surface area (Å²) in [6.07, 6.45) is 0. The first-order valence-corrected chi connectivity index (χ1v) is 6.26. The Balaban J connectivity index is 2.03. The molecule has 0 radical (unpaired) electrons. The second-order valence-corrected chi connectivity index (χ2v) is 4.54. The molecule has 1 heterocycles. The Bertz CT molecular complexity index is 558. The number of carbonyl (C=O) groups is 1. The summed E-state index contributed by atoms with van der Waals surface area (Å²) in [6, 6.07) is 10.9. The third kappa shape index (κ3) is 3.23. The fraction of sp³-hybridized carbons (Fsp3) is 0.267. The first-order valence-electron chi connectivity index (χ1n) is 6.26. The van der Waals surface area contributed by atoms with Gasteiger partial charge in [-0.15, -0.1) is 0 Å². The van der Waals surface area contributed by atoms with Crippen LogP contribution in [0.4, 0.5) is 0 Å². The molecule has 4 heteroatoms. The number of aryl methyl sites for hydroxylation is 1. The van der Waals surface area contributed by atoms with Crippen molar-refractivity contribution in [3.63, 3.8) is 0 Å². The number of carbonyl (C=O) groups excluding carboxylic acids is 1. The molecule has 3 N–H and O–H groups in total. The predicted octanol–water partition coefficient (Wildman–Crippen LogP) is 2.54. The maximum absolute atomic E-state index is 12.1. The van der Waals surface area contributed by atoms with Crippen LogP contribution in [0.15, 0.2) is 40.8 Å². The van der Waals surface area contributed by atoms with Gasteiger partial charge < -0.3 is 15.5 Å². The Kier molecular flexibility index (Phi) is 4.02. The zero-order chi connectivity index (χ0) is 13.8. The van der Waals surface area contributed by atoms with Crippen molar-refractivity contribution in [3.8, 4) is 0 Å². The van der Waals surface area contributed by atoms with Crippen LogP contribution in [0.3, 0.4) is 0 Å². The molecule has 0 aliphatic heterocycles. The Morgan fingerprint density at radius 3 is 2.47 bits per heavy atom. The molecule has 0 spiro atoms. The second-order valence-electron chi connectivity index (χ2n) is 4.54. The van der Waals surface area contributed by atoms with Crippen LogP contribution in [0.2, 0.25) is 0 Å². The lowest BCUT2D eigenvalue weighted by molar-refractivity contribution is 0.0935. The summed E-state index contributed by atoms with van der Waals surface area (Å²) in [5.74, 6) is 1.47. The highest BCUT2D eigenvalue weighted by atomic mass is 16.3. The molecular formula is C15H18N2O2. The van der Waals surface area contributed by atoms with Crippen LogP contribution in [-0.2, 0) is 6.54 Å². The van der Waals surface area contributed by atoms with Gasteiger partial charge >= 0.3 is 0 Å². The van der Waals surface area contributed by atoms with Crippen molar-refractivity contribution in [2.24, 2.45) is 5.73 Å². The van der Waals surface area contributed by atoms with Gasteiger partial charge in [0.2, 0.25) is 0 Å². The standard InChI is InChI=1S/C15H18N2O2/c1-10-3-8-14(19-10)11(2)17-15(18)13-6-4-12(9-16)5-7-13/h3-8,11H,9,16H2,1-2H3,(H,17,18). The van der Waals surface area contributed by atoms with Gasteiger partial charge in [0.1, 0.15) is 11.5 Å². The van der Waals surface area contributed by atoms with E-state index >= 15 is 0 Å². The number of hydrogen-bond donors (Lipinski definition) is 2. The minimum absolute atomic E-state index is 0.120. The fourth-order valence-corrected chi connectivity index (χ4v) is 1.83. The smallest absolute Gasteiger partial charge is 0.251 e. The van der Waals surface area contributed by atoms with Crippen LogP contribution in [0.1, 0.15) is 40.4 Å². The van der Waals surface area contributed by atoms with Crippen LogP contribution in [-0.4, -0.2) is 5.91 Å². The average Bonchev–Trinajstić information content (AvgIpc) is 2.85. The molecule has 1 amide bonds. The van der Waals surface area contributed by atoms with Crippen molar-refractivity contribution >= 4 is 5.91 Å². The summed E-state index contributed by atoms with van der Waals surface area (Å²) in [5, 5.41) is 2.90. The molecule has 4 nitrogen and oxygen atoms in total. The number of nitrogens with one attached hydrogen (secondary N) is 1. The first kappa shape index (κ1) is 13.4. The molecule has 0 aliphatic carbocycles. The average molecular weight is 258 g/mol. The van der Waals surface area contributed by atoms with Crippen LogP contribution in [0.5, 0.6) is 0 Å². The maximum Gasteiger partial charge on any atom is 0.251 e. The van der Waals surface area contributed by atoms with Crippen LogP contribution in [0.25, 0.3) is 0 Å². The van der Waals surface area contributed by atoms with E-state index in [1.165, 1.54) is 0 Å². The summed E-state index contributed by atoms with van der Waals surface area (Å²) in [5.41, 5.74) is 7.15. The summed E-state index contributed by atoms with van der Waals surface area (Å²) < 4.78 is 5.49. The molecule has 2 aromatic rings. The topological polar surface area (TPSA) is 68.3 Å². The zero-order valence-corrected chi connectivity index (χ0v) is 11.1. The van der Waals surface area contributed by atoms with E-state index in [9.17, 15) is 4.79 Å². The number of hydrogen-bond acceptors (Lipinski definition) is 3. The van der Waals surface area contributed by atoms with Gasteiger partial charge in [0.15, 0.2) is 0 Å². The van der Waals surface area contributed by atoms with E-state index < -0.39 is 0 Å². The molecule has 0 aliphatic rings. The van der Waals surface area contributed by atoms with Crippen molar-refractivity contribution in [2.45, 2.75) is 26.4 Å². The summed E-state index contributed by atoms with van der Waals surface area (Å²) in [6.45, 7) is 4.25. The minimum Gasteiger partial charge on any atom is -0.464 e. The van der Waals surface area contributed by atoms with E-state index in [1.54, 1.807) is 12.1 Å². The third-order valence-corrected chi connectivity index (χ3v) is 2.99. The number of nitrogens with two attached hydrogens (primary N) is 1. The molecule has 0 fully saturated rings. The highest BCUT2D eigenvalue weighted by Crippen LogP contribution is 2.16. The van der Waals surface area contributed by atoms with E-state index in [4.69, 9.17) is 10.2 Å². The van der Waals surface area contributed by atoms with Gasteiger partial charge in [-0.05, 0) is 43.7 Å². The van der Waals surface area contributed by atoms with Gasteiger partial charge in [-0.25, -0.2) is 0 Å². The Morgan fingerprint density at radius 1 is 1.26 bits per heavy atom. The molecule has 0 bridgehead atoms. The molecule has 100 valence electrons. The fourth-order valence-electron chi connectivity index (χ4n) is 1.83. The predicted molar refractivity (Wildman–Crippen MR) is 73.7 cm³/mol. The van der Waals surface area contributed by atoms with E-state index in [0.717, 1.165) is 17.1 Å². The summed E-state index contributed by atoms with van der Waals surface area (Å²) in [4.78, 5) is 12.1. The first-order chi connectivity index (χ1) is 9.10. The van der Waals surface area contributed by atoms with Crippen molar-refractivity contribution in [1.29, 1.82) is 0 Å². The van der Waals surface area contributed by atoms with Crippen molar-refractivity contribution in [3.05, 3.63) is 59.0 Å². The highest BCUT2D eigenvalue weighted by Gasteiger charge is 2.13. The van der Waals surface area contributed by atoms with Gasteiger partial charge in [-0.3, -0.25) is 4.79 Å².